The Labute approximate surface area is 97.1 Å². The Morgan fingerprint density at radius 3 is 2.62 bits per heavy atom. The highest BCUT2D eigenvalue weighted by atomic mass is 32.2. The Hall–Kier alpha value is -1.23. The van der Waals surface area contributed by atoms with Gasteiger partial charge in [0, 0.05) is 13.6 Å². The van der Waals surface area contributed by atoms with E-state index in [2.05, 4.69) is 0 Å². The first-order valence-electron chi connectivity index (χ1n) is 4.97. The van der Waals surface area contributed by atoms with E-state index in [-0.39, 0.29) is 0 Å². The summed E-state index contributed by atoms with van der Waals surface area (Å²) >= 11 is -1.92. The molecule has 0 aliphatic rings. The molecule has 0 radical (unpaired) electrons. The lowest BCUT2D eigenvalue weighted by Gasteiger charge is -2.13. The van der Waals surface area contributed by atoms with E-state index in [1.54, 1.807) is 7.05 Å². The number of nitrogens with zero attached hydrogens (tertiary/aromatic N) is 1. The van der Waals surface area contributed by atoms with E-state index in [9.17, 15) is 4.21 Å². The minimum atomic E-state index is -1.92. The van der Waals surface area contributed by atoms with Crippen molar-refractivity contribution in [2.75, 3.05) is 7.05 Å². The first-order chi connectivity index (χ1) is 7.68. The van der Waals surface area contributed by atoms with Gasteiger partial charge in [-0.3, -0.25) is 4.55 Å². The zero-order valence-corrected chi connectivity index (χ0v) is 9.78. The van der Waals surface area contributed by atoms with E-state index in [1.807, 2.05) is 42.5 Å². The zero-order valence-electron chi connectivity index (χ0n) is 8.96. The molecule has 0 saturated carbocycles. The molecule has 3 nitrogen and oxygen atoms in total. The van der Waals surface area contributed by atoms with Crippen LogP contribution >= 0.6 is 0 Å². The Balaban J connectivity index is 2.41. The molecule has 0 amide bonds. The molecule has 84 valence electrons. The van der Waals surface area contributed by atoms with Crippen molar-refractivity contribution in [3.63, 3.8) is 0 Å². The first-order valence-corrected chi connectivity index (χ1v) is 6.03. The van der Waals surface area contributed by atoms with Gasteiger partial charge in [-0.05, 0) is 16.3 Å². The summed E-state index contributed by atoms with van der Waals surface area (Å²) < 4.78 is 21.2. The van der Waals surface area contributed by atoms with Crippen molar-refractivity contribution in [1.82, 2.24) is 4.31 Å². The number of fused-ring (bicyclic) bond motifs is 1. The highest BCUT2D eigenvalue weighted by Gasteiger charge is 2.07. The van der Waals surface area contributed by atoms with Crippen molar-refractivity contribution < 1.29 is 8.76 Å². The van der Waals surface area contributed by atoms with Crippen molar-refractivity contribution in [1.29, 1.82) is 0 Å². The minimum absolute atomic E-state index is 0.463. The maximum absolute atomic E-state index is 10.9. The third kappa shape index (κ3) is 2.29. The molecular formula is C12H13NO2S. The van der Waals surface area contributed by atoms with E-state index >= 15 is 0 Å². The van der Waals surface area contributed by atoms with E-state index < -0.39 is 11.3 Å². The van der Waals surface area contributed by atoms with Gasteiger partial charge in [0.1, 0.15) is 0 Å². The fourth-order valence-corrected chi connectivity index (χ4v) is 1.97. The minimum Gasteiger partial charge on any atom is -0.294 e. The van der Waals surface area contributed by atoms with Crippen LogP contribution in [0.2, 0.25) is 0 Å². The van der Waals surface area contributed by atoms with Crippen molar-refractivity contribution in [2.24, 2.45) is 0 Å². The van der Waals surface area contributed by atoms with E-state index in [1.165, 1.54) is 4.31 Å². The van der Waals surface area contributed by atoms with Crippen LogP contribution in [0, 0.1) is 0 Å². The van der Waals surface area contributed by atoms with Gasteiger partial charge >= 0.3 is 0 Å². The van der Waals surface area contributed by atoms with Crippen LogP contribution in [-0.4, -0.2) is 20.1 Å². The van der Waals surface area contributed by atoms with E-state index in [0.717, 1.165) is 16.3 Å². The summed E-state index contributed by atoms with van der Waals surface area (Å²) in [6.45, 7) is 0.463. The Morgan fingerprint density at radius 2 is 1.88 bits per heavy atom. The fourth-order valence-electron chi connectivity index (χ4n) is 1.73. The zero-order chi connectivity index (χ0) is 11.5. The first kappa shape index (κ1) is 11.3. The second-order valence-electron chi connectivity index (χ2n) is 3.66. The largest absolute Gasteiger partial charge is 0.294 e. The lowest BCUT2D eigenvalue weighted by atomic mass is 10.0. The summed E-state index contributed by atoms with van der Waals surface area (Å²) in [5, 5.41) is 2.28. The monoisotopic (exact) mass is 235 g/mol. The Kier molecular flexibility index (Phi) is 3.33. The van der Waals surface area contributed by atoms with Crippen LogP contribution in [0.5, 0.6) is 0 Å². The molecule has 4 heteroatoms. The Morgan fingerprint density at radius 1 is 1.19 bits per heavy atom. The number of rotatable bonds is 3. The lowest BCUT2D eigenvalue weighted by Crippen LogP contribution is -2.19. The third-order valence-corrected chi connectivity index (χ3v) is 3.20. The van der Waals surface area contributed by atoms with Gasteiger partial charge in [0.2, 0.25) is 11.3 Å². The molecule has 0 saturated heterocycles. The average Bonchev–Trinajstić information content (AvgIpc) is 2.29. The number of hydrogen-bond donors (Lipinski definition) is 1. The number of benzene rings is 2. The van der Waals surface area contributed by atoms with Gasteiger partial charge in [-0.1, -0.05) is 42.5 Å². The highest BCUT2D eigenvalue weighted by molar-refractivity contribution is 7.76. The molecule has 2 aromatic rings. The standard InChI is InChI=1S/C12H13NO2S/c1-13(16(14)15)9-11-7-4-6-10-5-2-3-8-12(10)11/h2-8H,9H2,1H3,(H,14,15). The molecule has 2 aromatic carbocycles. The summed E-state index contributed by atoms with van der Waals surface area (Å²) in [4.78, 5) is 0. The van der Waals surface area contributed by atoms with Gasteiger partial charge in [-0.15, -0.1) is 0 Å². The van der Waals surface area contributed by atoms with E-state index in [4.69, 9.17) is 4.55 Å². The van der Waals surface area contributed by atoms with Crippen molar-refractivity contribution >= 4 is 22.0 Å². The third-order valence-electron chi connectivity index (χ3n) is 2.54. The summed E-state index contributed by atoms with van der Waals surface area (Å²) in [5.74, 6) is 0. The van der Waals surface area contributed by atoms with Crippen molar-refractivity contribution in [2.45, 2.75) is 6.54 Å². The maximum atomic E-state index is 10.9. The molecular weight excluding hydrogens is 222 g/mol. The Bertz CT molecular complexity index is 522. The van der Waals surface area contributed by atoms with Gasteiger partial charge in [0.15, 0.2) is 0 Å². The molecule has 0 aliphatic heterocycles. The van der Waals surface area contributed by atoms with Gasteiger partial charge in [0.05, 0.1) is 0 Å². The fraction of sp³-hybridized carbons (Fsp3) is 0.167. The topological polar surface area (TPSA) is 40.5 Å². The molecule has 2 rings (SSSR count). The van der Waals surface area contributed by atoms with E-state index in [0.29, 0.717) is 6.54 Å². The molecule has 1 atom stereocenters. The molecule has 0 heterocycles. The average molecular weight is 235 g/mol. The molecule has 0 fully saturated rings. The van der Waals surface area contributed by atoms with Crippen LogP contribution in [0.4, 0.5) is 0 Å². The van der Waals surface area contributed by atoms with Gasteiger partial charge in [-0.25, -0.2) is 4.21 Å². The lowest BCUT2D eigenvalue weighted by molar-refractivity contribution is 0.446. The van der Waals surface area contributed by atoms with Crippen molar-refractivity contribution in [3.05, 3.63) is 48.0 Å². The quantitative estimate of drug-likeness (QED) is 0.830. The summed E-state index contributed by atoms with van der Waals surface area (Å²) in [6.07, 6.45) is 0. The van der Waals surface area contributed by atoms with Gasteiger partial charge in [-0.2, -0.15) is 4.31 Å². The summed E-state index contributed by atoms with van der Waals surface area (Å²) in [6, 6.07) is 14.0. The SMILES string of the molecule is CN(Cc1cccc2ccccc12)S(=O)O. The molecule has 1 N–H and O–H groups in total. The molecule has 1 unspecified atom stereocenters. The molecule has 0 spiro atoms. The van der Waals surface area contributed by atoms with Crippen LogP contribution in [-0.2, 0) is 17.8 Å². The predicted molar refractivity (Wildman–Crippen MR) is 66.2 cm³/mol. The van der Waals surface area contributed by atoms with Gasteiger partial charge in [0.25, 0.3) is 0 Å². The van der Waals surface area contributed by atoms with Gasteiger partial charge < -0.3 is 0 Å². The predicted octanol–water partition coefficient (Wildman–Crippen LogP) is 2.41. The van der Waals surface area contributed by atoms with Crippen LogP contribution in [0.3, 0.4) is 0 Å². The normalized spacial score (nSPS) is 13.2. The molecule has 16 heavy (non-hydrogen) atoms. The molecule has 0 bridgehead atoms. The summed E-state index contributed by atoms with van der Waals surface area (Å²) in [5.41, 5.74) is 1.06. The van der Waals surface area contributed by atoms with Crippen molar-refractivity contribution in [3.8, 4) is 0 Å². The molecule has 0 aromatic heterocycles. The highest BCUT2D eigenvalue weighted by Crippen LogP contribution is 2.19. The maximum Gasteiger partial charge on any atom is 0.234 e. The summed E-state index contributed by atoms with van der Waals surface area (Å²) in [7, 11) is 1.62. The second kappa shape index (κ2) is 4.74. The second-order valence-corrected chi connectivity index (χ2v) is 4.74. The van der Waals surface area contributed by atoms with Crippen LogP contribution in [0.1, 0.15) is 5.56 Å². The molecule has 0 aliphatic carbocycles. The smallest absolute Gasteiger partial charge is 0.234 e. The number of hydrogen-bond acceptors (Lipinski definition) is 1. The van der Waals surface area contributed by atoms with Crippen LogP contribution in [0.15, 0.2) is 42.5 Å². The van der Waals surface area contributed by atoms with Crippen LogP contribution < -0.4 is 0 Å². The van der Waals surface area contributed by atoms with Crippen LogP contribution in [0.25, 0.3) is 10.8 Å².